The van der Waals surface area contributed by atoms with Crippen molar-refractivity contribution in [2.45, 2.75) is 18.8 Å². The lowest BCUT2D eigenvalue weighted by atomic mass is 9.95. The molecule has 2 aliphatic heterocycles. The summed E-state index contributed by atoms with van der Waals surface area (Å²) < 4.78 is 0. The zero-order chi connectivity index (χ0) is 17.5. The zero-order valence-electron chi connectivity index (χ0n) is 14.4. The highest BCUT2D eigenvalue weighted by molar-refractivity contribution is 5.94. The Hall–Kier alpha value is -2.96. The molecule has 1 aromatic carbocycles. The number of rotatable bonds is 3. The van der Waals surface area contributed by atoms with Crippen molar-refractivity contribution in [3.63, 3.8) is 0 Å². The van der Waals surface area contributed by atoms with Gasteiger partial charge in [0.15, 0.2) is 11.6 Å². The monoisotopic (exact) mass is 348 g/mol. The number of aromatic nitrogens is 4. The largest absolute Gasteiger partial charge is 0.355 e. The fourth-order valence-electron chi connectivity index (χ4n) is 3.82. The third kappa shape index (κ3) is 2.51. The number of amides is 1. The van der Waals surface area contributed by atoms with Gasteiger partial charge in [-0.05, 0) is 25.0 Å². The molecule has 2 saturated heterocycles. The number of benzene rings is 1. The molecule has 4 heterocycles. The number of para-hydroxylation sites is 2. The van der Waals surface area contributed by atoms with E-state index in [9.17, 15) is 4.79 Å². The number of likely N-dealkylation sites (tertiary alicyclic amines) is 1. The molecule has 0 unspecified atom stereocenters. The van der Waals surface area contributed by atoms with Gasteiger partial charge < -0.3 is 14.8 Å². The highest BCUT2D eigenvalue weighted by atomic mass is 16.2. The van der Waals surface area contributed by atoms with Gasteiger partial charge in [-0.1, -0.05) is 12.1 Å². The van der Waals surface area contributed by atoms with Crippen molar-refractivity contribution in [3.05, 3.63) is 48.2 Å². The lowest BCUT2D eigenvalue weighted by Crippen LogP contribution is -2.49. The molecule has 26 heavy (non-hydrogen) atoms. The van der Waals surface area contributed by atoms with Gasteiger partial charge in [0.2, 0.25) is 0 Å². The second-order valence-corrected chi connectivity index (χ2v) is 6.97. The molecular weight excluding hydrogens is 328 g/mol. The van der Waals surface area contributed by atoms with Crippen LogP contribution >= 0.6 is 0 Å². The summed E-state index contributed by atoms with van der Waals surface area (Å²) in [5, 5.41) is 0. The predicted molar refractivity (Wildman–Crippen MR) is 98.2 cm³/mol. The molecule has 2 aromatic heterocycles. The van der Waals surface area contributed by atoms with Crippen molar-refractivity contribution in [2.75, 3.05) is 31.1 Å². The summed E-state index contributed by atoms with van der Waals surface area (Å²) in [6.07, 6.45) is 5.92. The lowest BCUT2D eigenvalue weighted by molar-refractivity contribution is 0.0587. The molecule has 0 atom stereocenters. The molecule has 2 aliphatic rings. The van der Waals surface area contributed by atoms with Crippen LogP contribution in [0.2, 0.25) is 0 Å². The molecule has 0 saturated carbocycles. The molecule has 0 spiro atoms. The number of carbonyl (C=O) groups excluding carboxylic acids is 1. The molecule has 0 bridgehead atoms. The van der Waals surface area contributed by atoms with Crippen molar-refractivity contribution in [1.82, 2.24) is 24.8 Å². The van der Waals surface area contributed by atoms with Crippen LogP contribution in [0.1, 0.15) is 35.1 Å². The number of nitrogens with zero attached hydrogens (tertiary/aromatic N) is 5. The Morgan fingerprint density at radius 3 is 2.65 bits per heavy atom. The van der Waals surface area contributed by atoms with Crippen LogP contribution in [0.25, 0.3) is 11.0 Å². The summed E-state index contributed by atoms with van der Waals surface area (Å²) in [6.45, 7) is 3.41. The first kappa shape index (κ1) is 15.3. The quantitative estimate of drug-likeness (QED) is 0.785. The summed E-state index contributed by atoms with van der Waals surface area (Å²) in [5.41, 5.74) is 2.72. The van der Waals surface area contributed by atoms with Crippen LogP contribution in [-0.2, 0) is 0 Å². The van der Waals surface area contributed by atoms with Crippen LogP contribution in [0.4, 0.5) is 5.82 Å². The van der Waals surface area contributed by atoms with Crippen molar-refractivity contribution < 1.29 is 4.79 Å². The molecule has 7 heteroatoms. The summed E-state index contributed by atoms with van der Waals surface area (Å²) in [7, 11) is 0. The van der Waals surface area contributed by atoms with Crippen molar-refractivity contribution in [2.24, 2.45) is 0 Å². The number of fused-ring (bicyclic) bond motifs is 1. The van der Waals surface area contributed by atoms with Gasteiger partial charge >= 0.3 is 0 Å². The number of imidazole rings is 1. The Morgan fingerprint density at radius 2 is 1.85 bits per heavy atom. The number of hydrogen-bond acceptors (Lipinski definition) is 5. The summed E-state index contributed by atoms with van der Waals surface area (Å²) in [5.74, 6) is 1.59. The smallest absolute Gasteiger partial charge is 0.289 e. The normalized spacial score (nSPS) is 17.7. The Labute approximate surface area is 151 Å². The highest BCUT2D eigenvalue weighted by Crippen LogP contribution is 2.33. The molecule has 5 rings (SSSR count). The maximum atomic E-state index is 12.7. The van der Waals surface area contributed by atoms with Crippen LogP contribution in [0.15, 0.2) is 36.7 Å². The maximum Gasteiger partial charge on any atom is 0.289 e. The first-order valence-corrected chi connectivity index (χ1v) is 9.09. The topological polar surface area (TPSA) is 78.0 Å². The minimum atomic E-state index is -0.0518. The average molecular weight is 348 g/mol. The summed E-state index contributed by atoms with van der Waals surface area (Å²) in [4.78, 5) is 33.5. The number of carbonyl (C=O) groups is 1. The molecule has 1 N–H and O–H groups in total. The maximum absolute atomic E-state index is 12.7. The van der Waals surface area contributed by atoms with Crippen LogP contribution in [-0.4, -0.2) is 56.9 Å². The van der Waals surface area contributed by atoms with Crippen molar-refractivity contribution >= 4 is 22.8 Å². The van der Waals surface area contributed by atoms with Crippen LogP contribution in [0, 0.1) is 0 Å². The fraction of sp³-hybridized carbons (Fsp3) is 0.368. The van der Waals surface area contributed by atoms with E-state index in [-0.39, 0.29) is 11.8 Å². The first-order valence-electron chi connectivity index (χ1n) is 9.09. The third-order valence-electron chi connectivity index (χ3n) is 5.26. The molecule has 2 fully saturated rings. The summed E-state index contributed by atoms with van der Waals surface area (Å²) in [6, 6.07) is 7.69. The molecule has 7 nitrogen and oxygen atoms in total. The Bertz CT molecular complexity index is 922. The molecule has 132 valence electrons. The SMILES string of the molecule is O=C(c1nc2ccccc2[nH]1)N1CC(c2nccnc2N2CCCC2)C1. The molecule has 3 aromatic rings. The first-order chi connectivity index (χ1) is 12.8. The predicted octanol–water partition coefficient (Wildman–Crippen LogP) is 2.19. The van der Waals surface area contributed by atoms with Gasteiger partial charge in [-0.15, -0.1) is 0 Å². The van der Waals surface area contributed by atoms with Crippen LogP contribution in [0.5, 0.6) is 0 Å². The van der Waals surface area contributed by atoms with E-state index in [4.69, 9.17) is 0 Å². The van der Waals surface area contributed by atoms with E-state index in [1.54, 1.807) is 12.4 Å². The molecule has 1 amide bonds. The highest BCUT2D eigenvalue weighted by Gasteiger charge is 2.37. The number of anilines is 1. The van der Waals surface area contributed by atoms with Gasteiger partial charge in [0.25, 0.3) is 5.91 Å². The standard InChI is InChI=1S/C19H20N6O/c26-19(17-22-14-5-1-2-6-15(14)23-17)25-11-13(12-25)16-18(21-8-7-20-16)24-9-3-4-10-24/h1-2,5-8,13H,3-4,9-12H2,(H,22,23). The van der Waals surface area contributed by atoms with Gasteiger partial charge in [-0.3, -0.25) is 9.78 Å². The van der Waals surface area contributed by atoms with E-state index in [0.29, 0.717) is 18.9 Å². The number of hydrogen-bond donors (Lipinski definition) is 1. The van der Waals surface area contributed by atoms with E-state index in [1.165, 1.54) is 12.8 Å². The van der Waals surface area contributed by atoms with Gasteiger partial charge in [-0.25, -0.2) is 9.97 Å². The molecule has 0 radical (unpaired) electrons. The lowest BCUT2D eigenvalue weighted by Gasteiger charge is -2.39. The van der Waals surface area contributed by atoms with Crippen LogP contribution < -0.4 is 4.90 Å². The van der Waals surface area contributed by atoms with Crippen LogP contribution in [0.3, 0.4) is 0 Å². The number of nitrogens with one attached hydrogen (secondary N) is 1. The third-order valence-corrected chi connectivity index (χ3v) is 5.26. The Morgan fingerprint density at radius 1 is 1.08 bits per heavy atom. The second-order valence-electron chi connectivity index (χ2n) is 6.97. The zero-order valence-corrected chi connectivity index (χ0v) is 14.4. The van der Waals surface area contributed by atoms with E-state index < -0.39 is 0 Å². The fourth-order valence-corrected chi connectivity index (χ4v) is 3.82. The van der Waals surface area contributed by atoms with Gasteiger partial charge in [-0.2, -0.15) is 0 Å². The van der Waals surface area contributed by atoms with Gasteiger partial charge in [0.05, 0.1) is 16.7 Å². The summed E-state index contributed by atoms with van der Waals surface area (Å²) >= 11 is 0. The average Bonchev–Trinajstić information content (AvgIpc) is 3.30. The minimum absolute atomic E-state index is 0.0518. The van der Waals surface area contributed by atoms with E-state index in [0.717, 1.165) is 35.6 Å². The van der Waals surface area contributed by atoms with Gasteiger partial charge in [0.1, 0.15) is 0 Å². The minimum Gasteiger partial charge on any atom is -0.355 e. The molecule has 0 aliphatic carbocycles. The second kappa shape index (κ2) is 6.09. The Kier molecular flexibility index (Phi) is 3.58. The van der Waals surface area contributed by atoms with Crippen molar-refractivity contribution in [1.29, 1.82) is 0 Å². The van der Waals surface area contributed by atoms with E-state index in [1.807, 2.05) is 29.2 Å². The Balaban J connectivity index is 1.32. The van der Waals surface area contributed by atoms with Crippen molar-refractivity contribution in [3.8, 4) is 0 Å². The number of aromatic amines is 1. The molecular formula is C19H20N6O. The van der Waals surface area contributed by atoms with E-state index in [2.05, 4.69) is 24.8 Å². The van der Waals surface area contributed by atoms with Gasteiger partial charge in [0, 0.05) is 44.5 Å². The number of H-pyrrole nitrogens is 1. The van der Waals surface area contributed by atoms with E-state index >= 15 is 0 Å².